The van der Waals surface area contributed by atoms with Crippen molar-refractivity contribution in [3.63, 3.8) is 0 Å². The van der Waals surface area contributed by atoms with E-state index in [1.54, 1.807) is 0 Å². The molecule has 1 aromatic heterocycles. The molecule has 2 aromatic carbocycles. The van der Waals surface area contributed by atoms with Gasteiger partial charge in [0.2, 0.25) is 5.91 Å². The molecule has 5 heteroatoms. The summed E-state index contributed by atoms with van der Waals surface area (Å²) < 4.78 is 2.02. The van der Waals surface area contributed by atoms with Crippen molar-refractivity contribution >= 4 is 34.4 Å². The summed E-state index contributed by atoms with van der Waals surface area (Å²) in [7, 11) is 0. The average molecular weight is 351 g/mol. The van der Waals surface area contributed by atoms with E-state index in [4.69, 9.17) is 0 Å². The van der Waals surface area contributed by atoms with Crippen molar-refractivity contribution in [3.8, 4) is 0 Å². The zero-order valence-electron chi connectivity index (χ0n) is 14.5. The Morgan fingerprint density at radius 3 is 2.84 bits per heavy atom. The number of nitrogens with zero attached hydrogens (tertiary/aromatic N) is 3. The first-order chi connectivity index (χ1) is 12.1. The Hall–Kier alpha value is -2.27. The highest BCUT2D eigenvalue weighted by molar-refractivity contribution is 8.00. The number of imidazole rings is 1. The Morgan fingerprint density at radius 2 is 1.96 bits per heavy atom. The molecule has 4 nitrogen and oxygen atoms in total. The van der Waals surface area contributed by atoms with Crippen LogP contribution in [0.5, 0.6) is 0 Å². The van der Waals surface area contributed by atoms with E-state index in [-0.39, 0.29) is 5.91 Å². The molecule has 1 aliphatic rings. The molecular formula is C20H21N3OS. The van der Waals surface area contributed by atoms with E-state index in [0.29, 0.717) is 11.8 Å². The number of aromatic nitrogens is 2. The molecule has 0 fully saturated rings. The second-order valence-electron chi connectivity index (χ2n) is 6.46. The Morgan fingerprint density at radius 1 is 1.20 bits per heavy atom. The van der Waals surface area contributed by atoms with E-state index in [1.807, 2.05) is 64.6 Å². The van der Waals surface area contributed by atoms with Gasteiger partial charge < -0.3 is 9.47 Å². The molecular weight excluding hydrogens is 330 g/mol. The predicted octanol–water partition coefficient (Wildman–Crippen LogP) is 4.26. The number of anilines is 1. The number of thioether (sulfide) groups is 1. The Kier molecular flexibility index (Phi) is 4.25. The SMILES string of the molecule is Cc1nc2ccccc2n1CC(=O)N1CCC(C)Sc2ccccc21. The third kappa shape index (κ3) is 3.04. The van der Waals surface area contributed by atoms with Crippen LogP contribution in [-0.2, 0) is 11.3 Å². The van der Waals surface area contributed by atoms with Gasteiger partial charge in [0.25, 0.3) is 0 Å². The minimum atomic E-state index is 0.119. The molecule has 0 aliphatic carbocycles. The summed E-state index contributed by atoms with van der Waals surface area (Å²) in [6.45, 7) is 5.26. The summed E-state index contributed by atoms with van der Waals surface area (Å²) in [5, 5.41) is 0.509. The van der Waals surface area contributed by atoms with Crippen molar-refractivity contribution in [3.05, 3.63) is 54.4 Å². The third-order valence-electron chi connectivity index (χ3n) is 4.68. The van der Waals surface area contributed by atoms with Crippen LogP contribution in [0.3, 0.4) is 0 Å². The molecule has 4 rings (SSSR count). The number of carbonyl (C=O) groups excluding carboxylic acids is 1. The molecule has 3 aromatic rings. The standard InChI is InChI=1S/C20H21N3OS/c1-14-11-12-22(18-9-5-6-10-19(18)25-14)20(24)13-23-15(2)21-16-7-3-4-8-17(16)23/h3-10,14H,11-13H2,1-2H3. The lowest BCUT2D eigenvalue weighted by atomic mass is 10.2. The number of fused-ring (bicyclic) bond motifs is 2. The lowest BCUT2D eigenvalue weighted by Gasteiger charge is -2.23. The van der Waals surface area contributed by atoms with Crippen molar-refractivity contribution in [2.75, 3.05) is 11.4 Å². The first-order valence-electron chi connectivity index (χ1n) is 8.61. The smallest absolute Gasteiger partial charge is 0.247 e. The normalized spacial score (nSPS) is 17.4. The van der Waals surface area contributed by atoms with Crippen LogP contribution < -0.4 is 4.90 Å². The topological polar surface area (TPSA) is 38.1 Å². The summed E-state index contributed by atoms with van der Waals surface area (Å²) in [6.07, 6.45) is 0.995. The molecule has 0 spiro atoms. The molecule has 2 heterocycles. The van der Waals surface area contributed by atoms with E-state index in [0.717, 1.165) is 35.5 Å². The largest absolute Gasteiger partial charge is 0.319 e. The molecule has 0 N–H and O–H groups in total. The van der Waals surface area contributed by atoms with E-state index < -0.39 is 0 Å². The Balaban J connectivity index is 1.68. The van der Waals surface area contributed by atoms with Crippen LogP contribution in [0.1, 0.15) is 19.2 Å². The van der Waals surface area contributed by atoms with Gasteiger partial charge in [0, 0.05) is 16.7 Å². The minimum absolute atomic E-state index is 0.119. The Labute approximate surface area is 151 Å². The second-order valence-corrected chi connectivity index (χ2v) is 7.94. The number of carbonyl (C=O) groups is 1. The van der Waals surface area contributed by atoms with Crippen molar-refractivity contribution in [2.24, 2.45) is 0 Å². The zero-order chi connectivity index (χ0) is 17.4. The molecule has 1 unspecified atom stereocenters. The van der Waals surface area contributed by atoms with Gasteiger partial charge in [-0.05, 0) is 37.6 Å². The number of hydrogen-bond acceptors (Lipinski definition) is 3. The van der Waals surface area contributed by atoms with Crippen molar-refractivity contribution in [2.45, 2.75) is 37.0 Å². The lowest BCUT2D eigenvalue weighted by molar-refractivity contribution is -0.119. The van der Waals surface area contributed by atoms with Crippen LogP contribution in [0.15, 0.2) is 53.4 Å². The lowest BCUT2D eigenvalue weighted by Crippen LogP contribution is -2.35. The van der Waals surface area contributed by atoms with Crippen LogP contribution in [0.25, 0.3) is 11.0 Å². The van der Waals surface area contributed by atoms with Gasteiger partial charge in [-0.1, -0.05) is 31.2 Å². The highest BCUT2D eigenvalue weighted by Gasteiger charge is 2.24. The molecule has 128 valence electrons. The molecule has 0 bridgehead atoms. The van der Waals surface area contributed by atoms with E-state index in [2.05, 4.69) is 24.0 Å². The quantitative estimate of drug-likeness (QED) is 0.692. The minimum Gasteiger partial charge on any atom is -0.319 e. The van der Waals surface area contributed by atoms with Gasteiger partial charge in [0.1, 0.15) is 12.4 Å². The van der Waals surface area contributed by atoms with Gasteiger partial charge in [-0.15, -0.1) is 11.8 Å². The highest BCUT2D eigenvalue weighted by atomic mass is 32.2. The summed E-state index contributed by atoms with van der Waals surface area (Å²) in [4.78, 5) is 20.9. The zero-order valence-corrected chi connectivity index (χ0v) is 15.3. The van der Waals surface area contributed by atoms with Crippen LogP contribution in [0.4, 0.5) is 5.69 Å². The fraction of sp³-hybridized carbons (Fsp3) is 0.300. The number of amides is 1. The first-order valence-corrected chi connectivity index (χ1v) is 9.49. The molecule has 25 heavy (non-hydrogen) atoms. The van der Waals surface area contributed by atoms with Gasteiger partial charge in [0.15, 0.2) is 0 Å². The maximum absolute atomic E-state index is 13.2. The predicted molar refractivity (Wildman–Crippen MR) is 103 cm³/mol. The van der Waals surface area contributed by atoms with E-state index in [9.17, 15) is 4.79 Å². The summed E-state index contributed by atoms with van der Waals surface area (Å²) in [5.74, 6) is 0.994. The van der Waals surface area contributed by atoms with Gasteiger partial charge >= 0.3 is 0 Å². The van der Waals surface area contributed by atoms with Gasteiger partial charge in [0.05, 0.1) is 16.7 Å². The van der Waals surface area contributed by atoms with Crippen LogP contribution in [-0.4, -0.2) is 27.3 Å². The monoisotopic (exact) mass is 351 g/mol. The van der Waals surface area contributed by atoms with Crippen LogP contribution >= 0.6 is 11.8 Å². The molecule has 0 saturated carbocycles. The third-order valence-corrected chi connectivity index (χ3v) is 5.92. The maximum atomic E-state index is 13.2. The summed E-state index contributed by atoms with van der Waals surface area (Å²) >= 11 is 1.85. The molecule has 1 aliphatic heterocycles. The van der Waals surface area contributed by atoms with E-state index in [1.165, 1.54) is 4.90 Å². The number of hydrogen-bond donors (Lipinski definition) is 0. The molecule has 1 amide bonds. The van der Waals surface area contributed by atoms with Gasteiger partial charge in [-0.25, -0.2) is 4.98 Å². The van der Waals surface area contributed by atoms with E-state index >= 15 is 0 Å². The fourth-order valence-electron chi connectivity index (χ4n) is 3.36. The number of benzene rings is 2. The summed E-state index contributed by atoms with van der Waals surface area (Å²) in [6, 6.07) is 16.2. The van der Waals surface area contributed by atoms with Crippen molar-refractivity contribution < 1.29 is 4.79 Å². The maximum Gasteiger partial charge on any atom is 0.247 e. The molecule has 0 radical (unpaired) electrons. The van der Waals surface area contributed by atoms with Crippen LogP contribution in [0.2, 0.25) is 0 Å². The number of rotatable bonds is 2. The highest BCUT2D eigenvalue weighted by Crippen LogP contribution is 2.37. The summed E-state index contributed by atoms with van der Waals surface area (Å²) in [5.41, 5.74) is 2.98. The van der Waals surface area contributed by atoms with Crippen LogP contribution in [0, 0.1) is 6.92 Å². The second kappa shape index (κ2) is 6.56. The molecule has 1 atom stereocenters. The fourth-order valence-corrected chi connectivity index (χ4v) is 4.47. The number of para-hydroxylation sites is 3. The van der Waals surface area contributed by atoms with Crippen molar-refractivity contribution in [1.29, 1.82) is 0 Å². The number of aryl methyl sites for hydroxylation is 1. The Bertz CT molecular complexity index is 934. The first kappa shape index (κ1) is 16.2. The van der Waals surface area contributed by atoms with Gasteiger partial charge in [-0.2, -0.15) is 0 Å². The van der Waals surface area contributed by atoms with Crippen molar-refractivity contribution in [1.82, 2.24) is 9.55 Å². The molecule has 0 saturated heterocycles. The average Bonchev–Trinajstić information content (AvgIpc) is 2.81. The van der Waals surface area contributed by atoms with Gasteiger partial charge in [-0.3, -0.25) is 4.79 Å².